The van der Waals surface area contributed by atoms with Gasteiger partial charge in [-0.3, -0.25) is 4.79 Å². The van der Waals surface area contributed by atoms with Gasteiger partial charge in [-0.05, 0) is 36.6 Å². The van der Waals surface area contributed by atoms with Crippen molar-refractivity contribution in [2.24, 2.45) is 5.92 Å². The highest BCUT2D eigenvalue weighted by molar-refractivity contribution is 7.99. The molecule has 0 fully saturated rings. The van der Waals surface area contributed by atoms with Crippen LogP contribution in [0.5, 0.6) is 0 Å². The number of thioether (sulfide) groups is 1. The van der Waals surface area contributed by atoms with E-state index >= 15 is 0 Å². The number of carbonyl (C=O) groups excluding carboxylic acids is 1. The number of thiazole rings is 1. The summed E-state index contributed by atoms with van der Waals surface area (Å²) in [7, 11) is 0. The van der Waals surface area contributed by atoms with E-state index < -0.39 is 0 Å². The molecular weight excluding hydrogens is 436 g/mol. The van der Waals surface area contributed by atoms with Crippen LogP contribution in [-0.4, -0.2) is 21.6 Å². The number of aromatic nitrogens is 2. The highest BCUT2D eigenvalue weighted by Gasteiger charge is 2.11. The first-order valence-electron chi connectivity index (χ1n) is 9.48. The zero-order chi connectivity index (χ0) is 21.5. The maximum atomic E-state index is 12.3. The fourth-order valence-electron chi connectivity index (χ4n) is 2.71. The molecule has 0 atom stereocenters. The van der Waals surface area contributed by atoms with Gasteiger partial charge >= 0.3 is 0 Å². The molecule has 0 aliphatic carbocycles. The van der Waals surface area contributed by atoms with Crippen LogP contribution in [0.3, 0.4) is 0 Å². The number of nitrogens with zero attached hydrogens (tertiary/aromatic N) is 3. The normalized spacial score (nSPS) is 10.8. The molecule has 0 unspecified atom stereocenters. The third-order valence-electron chi connectivity index (χ3n) is 4.11. The predicted molar refractivity (Wildman–Crippen MR) is 124 cm³/mol. The second-order valence-electron chi connectivity index (χ2n) is 7.06. The lowest BCUT2D eigenvalue weighted by molar-refractivity contribution is -0.115. The molecule has 8 heteroatoms. The minimum Gasteiger partial charge on any atom is -0.302 e. The molecule has 2 heterocycles. The molecule has 0 spiro atoms. The van der Waals surface area contributed by atoms with E-state index in [2.05, 4.69) is 35.2 Å². The fourth-order valence-corrected chi connectivity index (χ4v) is 4.51. The number of hydrogen-bond acceptors (Lipinski definition) is 6. The van der Waals surface area contributed by atoms with E-state index in [1.807, 2.05) is 35.7 Å². The molecule has 5 nitrogen and oxygen atoms in total. The van der Waals surface area contributed by atoms with Gasteiger partial charge in [0.2, 0.25) is 5.91 Å². The van der Waals surface area contributed by atoms with E-state index in [0.717, 1.165) is 23.4 Å². The molecule has 0 saturated heterocycles. The van der Waals surface area contributed by atoms with Gasteiger partial charge in [-0.1, -0.05) is 37.6 Å². The molecule has 3 rings (SSSR count). The van der Waals surface area contributed by atoms with E-state index in [0.29, 0.717) is 38.8 Å². The Hall–Kier alpha value is -2.40. The highest BCUT2D eigenvalue weighted by Crippen LogP contribution is 2.26. The molecular formula is C22H21ClN4OS2. The van der Waals surface area contributed by atoms with Gasteiger partial charge in [0.1, 0.15) is 11.1 Å². The van der Waals surface area contributed by atoms with Crippen LogP contribution in [-0.2, 0) is 11.2 Å². The zero-order valence-corrected chi connectivity index (χ0v) is 19.1. The summed E-state index contributed by atoms with van der Waals surface area (Å²) in [5.74, 6) is 0.912. The molecule has 3 aromatic rings. The Kier molecular flexibility index (Phi) is 7.86. The quantitative estimate of drug-likeness (QED) is 0.417. The van der Waals surface area contributed by atoms with Crippen LogP contribution < -0.4 is 5.32 Å². The van der Waals surface area contributed by atoms with Crippen LogP contribution in [0, 0.1) is 17.2 Å². The molecule has 1 amide bonds. The summed E-state index contributed by atoms with van der Waals surface area (Å²) in [6.45, 7) is 4.27. The molecule has 0 aliphatic heterocycles. The van der Waals surface area contributed by atoms with Crippen molar-refractivity contribution < 1.29 is 4.79 Å². The van der Waals surface area contributed by atoms with Crippen LogP contribution >= 0.6 is 34.7 Å². The van der Waals surface area contributed by atoms with Crippen LogP contribution in [0.2, 0.25) is 5.02 Å². The third-order valence-corrected chi connectivity index (χ3v) is 6.12. The van der Waals surface area contributed by atoms with E-state index in [1.54, 1.807) is 6.07 Å². The highest BCUT2D eigenvalue weighted by atomic mass is 35.5. The van der Waals surface area contributed by atoms with Gasteiger partial charge in [-0.15, -0.1) is 23.1 Å². The summed E-state index contributed by atoms with van der Waals surface area (Å²) in [6.07, 6.45) is 1.17. The minimum atomic E-state index is -0.114. The number of nitriles is 1. The first-order valence-corrected chi connectivity index (χ1v) is 11.7. The number of amides is 1. The van der Waals surface area contributed by atoms with Gasteiger partial charge in [-0.25, -0.2) is 9.97 Å². The Labute approximate surface area is 189 Å². The first-order chi connectivity index (χ1) is 14.4. The van der Waals surface area contributed by atoms with Crippen molar-refractivity contribution in [3.8, 4) is 17.3 Å². The monoisotopic (exact) mass is 456 g/mol. The maximum absolute atomic E-state index is 12.3. The third kappa shape index (κ3) is 6.30. The van der Waals surface area contributed by atoms with Crippen LogP contribution in [0.4, 0.5) is 5.13 Å². The standard InChI is InChI=1S/C22H21ClN4OS2/c1-14(2)11-18-8-5-16(12-24)21(25-18)29-10-9-20(28)27-22-26-19(13-30-22)15-3-6-17(23)7-4-15/h3-8,13-14H,9-11H2,1-2H3,(H,26,27,28). The maximum Gasteiger partial charge on any atom is 0.226 e. The SMILES string of the molecule is CC(C)Cc1ccc(C#N)c(SCCC(=O)Nc2nc(-c3ccc(Cl)cc3)cs2)n1. The van der Waals surface area contributed by atoms with Gasteiger partial charge < -0.3 is 5.32 Å². The molecule has 1 N–H and O–H groups in total. The van der Waals surface area contributed by atoms with Crippen LogP contribution in [0.15, 0.2) is 46.8 Å². The van der Waals surface area contributed by atoms with E-state index in [1.165, 1.54) is 23.1 Å². The van der Waals surface area contributed by atoms with Crippen LogP contribution in [0.25, 0.3) is 11.3 Å². The zero-order valence-electron chi connectivity index (χ0n) is 16.7. The van der Waals surface area contributed by atoms with Crippen LogP contribution in [0.1, 0.15) is 31.5 Å². The lowest BCUT2D eigenvalue weighted by Crippen LogP contribution is -2.12. The van der Waals surface area contributed by atoms with E-state index in [9.17, 15) is 10.1 Å². The van der Waals surface area contributed by atoms with Crippen molar-refractivity contribution in [3.05, 3.63) is 58.1 Å². The minimum absolute atomic E-state index is 0.114. The predicted octanol–water partition coefficient (Wildman–Crippen LogP) is 6.05. The van der Waals surface area contributed by atoms with Crippen molar-refractivity contribution in [2.45, 2.75) is 31.7 Å². The topological polar surface area (TPSA) is 78.7 Å². The average molecular weight is 457 g/mol. The molecule has 0 aliphatic rings. The Bertz CT molecular complexity index is 1060. The summed E-state index contributed by atoms with van der Waals surface area (Å²) in [6, 6.07) is 13.3. The Morgan fingerprint density at radius 3 is 2.70 bits per heavy atom. The number of carbonyl (C=O) groups is 1. The van der Waals surface area contributed by atoms with Crippen molar-refractivity contribution in [3.63, 3.8) is 0 Å². The molecule has 2 aromatic heterocycles. The first kappa shape index (κ1) is 22.3. The molecule has 30 heavy (non-hydrogen) atoms. The van der Waals surface area contributed by atoms with Gasteiger partial charge in [0, 0.05) is 33.8 Å². The van der Waals surface area contributed by atoms with E-state index in [-0.39, 0.29) is 5.91 Å². The number of nitrogens with one attached hydrogen (secondary N) is 1. The number of benzene rings is 1. The molecule has 1 aromatic carbocycles. The van der Waals surface area contributed by atoms with Crippen molar-refractivity contribution in [1.29, 1.82) is 5.26 Å². The number of rotatable bonds is 8. The average Bonchev–Trinajstić information content (AvgIpc) is 3.16. The fraction of sp³-hybridized carbons (Fsp3) is 0.273. The number of anilines is 1. The molecule has 0 bridgehead atoms. The number of halogens is 1. The van der Waals surface area contributed by atoms with Gasteiger partial charge in [0.25, 0.3) is 0 Å². The smallest absolute Gasteiger partial charge is 0.226 e. The van der Waals surface area contributed by atoms with Crippen molar-refractivity contribution >= 4 is 45.7 Å². The van der Waals surface area contributed by atoms with Crippen molar-refractivity contribution in [1.82, 2.24) is 9.97 Å². The van der Waals surface area contributed by atoms with Gasteiger partial charge in [0.05, 0.1) is 11.3 Å². The Balaban J connectivity index is 1.54. The lowest BCUT2D eigenvalue weighted by atomic mass is 10.1. The van der Waals surface area contributed by atoms with Gasteiger partial charge in [-0.2, -0.15) is 5.26 Å². The second kappa shape index (κ2) is 10.6. The molecule has 0 radical (unpaired) electrons. The lowest BCUT2D eigenvalue weighted by Gasteiger charge is -2.08. The van der Waals surface area contributed by atoms with E-state index in [4.69, 9.17) is 11.6 Å². The number of hydrogen-bond donors (Lipinski definition) is 1. The summed E-state index contributed by atoms with van der Waals surface area (Å²) in [5, 5.41) is 16.0. The van der Waals surface area contributed by atoms with Gasteiger partial charge in [0.15, 0.2) is 5.13 Å². The summed E-state index contributed by atoms with van der Waals surface area (Å²) < 4.78 is 0. The summed E-state index contributed by atoms with van der Waals surface area (Å²) in [4.78, 5) is 21.4. The largest absolute Gasteiger partial charge is 0.302 e. The summed E-state index contributed by atoms with van der Waals surface area (Å²) >= 11 is 8.73. The Morgan fingerprint density at radius 1 is 1.23 bits per heavy atom. The number of pyridine rings is 1. The Morgan fingerprint density at radius 2 is 2.00 bits per heavy atom. The second-order valence-corrected chi connectivity index (χ2v) is 9.43. The molecule has 154 valence electrons. The van der Waals surface area contributed by atoms with Crippen molar-refractivity contribution in [2.75, 3.05) is 11.1 Å². The molecule has 0 saturated carbocycles. The summed E-state index contributed by atoms with van der Waals surface area (Å²) in [5.41, 5.74) is 3.25.